The molecule has 1 amide bonds. The third-order valence-electron chi connectivity index (χ3n) is 5.09. The second-order valence-electron chi connectivity index (χ2n) is 6.67. The van der Waals surface area contributed by atoms with Crippen LogP contribution in [0, 0.1) is 11.8 Å². The number of halogens is 3. The number of rotatable bonds is 2. The molecule has 2 heterocycles. The molecular weight excluding hydrogens is 307 g/mol. The Balaban J connectivity index is 1.63. The first-order valence-electron chi connectivity index (χ1n) is 8.30. The summed E-state index contributed by atoms with van der Waals surface area (Å²) in [6.45, 7) is 1.19. The predicted octanol–water partition coefficient (Wildman–Crippen LogP) is 3.42. The lowest BCUT2D eigenvalue weighted by molar-refractivity contribution is -0.187. The molecular formula is C16H22F3N3O. The standard InChI is InChI=1S/C16H22F3N3O/c17-16(18,19)13-5-1-4-12(10-13)15(23)21-8-2-6-14(11-21)22-9-3-7-20-22/h3,7,9,12-14H,1-2,4-6,8,10-11H2. The number of carbonyl (C=O) groups is 1. The summed E-state index contributed by atoms with van der Waals surface area (Å²) >= 11 is 0. The molecule has 0 spiro atoms. The summed E-state index contributed by atoms with van der Waals surface area (Å²) in [6, 6.07) is 1.97. The first kappa shape index (κ1) is 16.3. The van der Waals surface area contributed by atoms with Gasteiger partial charge in [-0.2, -0.15) is 18.3 Å². The van der Waals surface area contributed by atoms with E-state index in [1.54, 1.807) is 11.1 Å². The Morgan fingerprint density at radius 1 is 1.17 bits per heavy atom. The minimum absolute atomic E-state index is 0.0503. The summed E-state index contributed by atoms with van der Waals surface area (Å²) in [7, 11) is 0. The van der Waals surface area contributed by atoms with E-state index in [0.29, 0.717) is 25.9 Å². The molecule has 1 aliphatic heterocycles. The van der Waals surface area contributed by atoms with Gasteiger partial charge in [0, 0.05) is 31.4 Å². The molecule has 0 radical (unpaired) electrons. The van der Waals surface area contributed by atoms with Crippen LogP contribution in [0.15, 0.2) is 18.5 Å². The van der Waals surface area contributed by atoms with Gasteiger partial charge in [-0.1, -0.05) is 6.42 Å². The molecule has 0 bridgehead atoms. The summed E-state index contributed by atoms with van der Waals surface area (Å²) < 4.78 is 40.6. The second-order valence-corrected chi connectivity index (χ2v) is 6.67. The Morgan fingerprint density at radius 3 is 2.70 bits per heavy atom. The minimum atomic E-state index is -4.18. The van der Waals surface area contributed by atoms with E-state index in [1.165, 1.54) is 0 Å². The maximum absolute atomic E-state index is 12.9. The second kappa shape index (κ2) is 6.53. The van der Waals surface area contributed by atoms with E-state index in [2.05, 4.69) is 5.10 Å². The molecule has 1 aliphatic carbocycles. The third-order valence-corrected chi connectivity index (χ3v) is 5.09. The molecule has 7 heteroatoms. The van der Waals surface area contributed by atoms with Crippen molar-refractivity contribution in [2.75, 3.05) is 13.1 Å². The summed E-state index contributed by atoms with van der Waals surface area (Å²) in [6.07, 6.45) is 2.38. The lowest BCUT2D eigenvalue weighted by Crippen LogP contribution is -2.45. The van der Waals surface area contributed by atoms with Gasteiger partial charge in [0.2, 0.25) is 5.91 Å². The zero-order valence-electron chi connectivity index (χ0n) is 13.0. The van der Waals surface area contributed by atoms with E-state index >= 15 is 0 Å². The van der Waals surface area contributed by atoms with Gasteiger partial charge in [-0.3, -0.25) is 9.48 Å². The zero-order valence-corrected chi connectivity index (χ0v) is 13.0. The Hall–Kier alpha value is -1.53. The largest absolute Gasteiger partial charge is 0.391 e. The lowest BCUT2D eigenvalue weighted by atomic mass is 9.80. The van der Waals surface area contributed by atoms with Gasteiger partial charge >= 0.3 is 6.18 Å². The molecule has 3 rings (SSSR count). The number of nitrogens with zero attached hydrogens (tertiary/aromatic N) is 3. The average molecular weight is 329 g/mol. The molecule has 2 aliphatic rings. The molecule has 3 unspecified atom stereocenters. The molecule has 1 aromatic rings. The van der Waals surface area contributed by atoms with Crippen molar-refractivity contribution in [3.63, 3.8) is 0 Å². The maximum atomic E-state index is 12.9. The van der Waals surface area contributed by atoms with E-state index < -0.39 is 18.0 Å². The molecule has 3 atom stereocenters. The fourth-order valence-electron chi connectivity index (χ4n) is 3.84. The van der Waals surface area contributed by atoms with Crippen molar-refractivity contribution < 1.29 is 18.0 Å². The normalized spacial score (nSPS) is 29.5. The Kier molecular flexibility index (Phi) is 4.64. The van der Waals surface area contributed by atoms with E-state index in [9.17, 15) is 18.0 Å². The molecule has 1 aromatic heterocycles. The van der Waals surface area contributed by atoms with Crippen LogP contribution in [-0.2, 0) is 4.79 Å². The molecule has 23 heavy (non-hydrogen) atoms. The Bertz CT molecular complexity index is 529. The SMILES string of the molecule is O=C(C1CCCC(C(F)(F)F)C1)N1CCCC(n2cccn2)C1. The maximum Gasteiger partial charge on any atom is 0.391 e. The van der Waals surface area contributed by atoms with Gasteiger partial charge in [0.1, 0.15) is 0 Å². The van der Waals surface area contributed by atoms with Crippen LogP contribution < -0.4 is 0 Å². The summed E-state index contributed by atoms with van der Waals surface area (Å²) in [5.74, 6) is -1.90. The van der Waals surface area contributed by atoms with E-state index in [1.807, 2.05) is 16.9 Å². The van der Waals surface area contributed by atoms with Crippen molar-refractivity contribution >= 4 is 5.91 Å². The summed E-state index contributed by atoms with van der Waals surface area (Å²) in [4.78, 5) is 14.4. The van der Waals surface area contributed by atoms with Crippen LogP contribution in [0.3, 0.4) is 0 Å². The lowest BCUT2D eigenvalue weighted by Gasteiger charge is -2.37. The number of hydrogen-bond donors (Lipinski definition) is 0. The van der Waals surface area contributed by atoms with E-state index in [4.69, 9.17) is 0 Å². The highest BCUT2D eigenvalue weighted by Gasteiger charge is 2.44. The van der Waals surface area contributed by atoms with Crippen LogP contribution in [0.4, 0.5) is 13.2 Å². The highest BCUT2D eigenvalue weighted by Crippen LogP contribution is 2.40. The smallest absolute Gasteiger partial charge is 0.340 e. The van der Waals surface area contributed by atoms with Crippen LogP contribution in [-0.4, -0.2) is 39.9 Å². The van der Waals surface area contributed by atoms with E-state index in [0.717, 1.165) is 12.8 Å². The number of aromatic nitrogens is 2. The van der Waals surface area contributed by atoms with Crippen LogP contribution >= 0.6 is 0 Å². The van der Waals surface area contributed by atoms with Crippen LogP contribution in [0.1, 0.15) is 44.6 Å². The highest BCUT2D eigenvalue weighted by atomic mass is 19.4. The van der Waals surface area contributed by atoms with Crippen LogP contribution in [0.25, 0.3) is 0 Å². The van der Waals surface area contributed by atoms with Gasteiger partial charge in [-0.05, 0) is 38.2 Å². The number of amides is 1. The average Bonchev–Trinajstić information content (AvgIpc) is 3.08. The number of likely N-dealkylation sites (tertiary alicyclic amines) is 1. The van der Waals surface area contributed by atoms with Gasteiger partial charge in [-0.15, -0.1) is 0 Å². The molecule has 1 saturated carbocycles. The van der Waals surface area contributed by atoms with Gasteiger partial charge in [0.05, 0.1) is 12.0 Å². The fraction of sp³-hybridized carbons (Fsp3) is 0.750. The molecule has 0 aromatic carbocycles. The number of carbonyl (C=O) groups excluding carboxylic acids is 1. The summed E-state index contributed by atoms with van der Waals surface area (Å²) in [5.41, 5.74) is 0. The van der Waals surface area contributed by atoms with Gasteiger partial charge < -0.3 is 4.90 Å². The quantitative estimate of drug-likeness (QED) is 0.834. The topological polar surface area (TPSA) is 38.1 Å². The fourth-order valence-corrected chi connectivity index (χ4v) is 3.84. The van der Waals surface area contributed by atoms with Crippen LogP contribution in [0.5, 0.6) is 0 Å². The minimum Gasteiger partial charge on any atom is -0.340 e. The Labute approximate surface area is 133 Å². The van der Waals surface area contributed by atoms with Gasteiger partial charge in [0.15, 0.2) is 0 Å². The Morgan fingerprint density at radius 2 is 2.00 bits per heavy atom. The van der Waals surface area contributed by atoms with E-state index in [-0.39, 0.29) is 24.8 Å². The monoisotopic (exact) mass is 329 g/mol. The number of hydrogen-bond acceptors (Lipinski definition) is 2. The van der Waals surface area contributed by atoms with Gasteiger partial charge in [0.25, 0.3) is 0 Å². The number of piperidine rings is 1. The van der Waals surface area contributed by atoms with Crippen molar-refractivity contribution in [1.29, 1.82) is 0 Å². The van der Waals surface area contributed by atoms with Crippen molar-refractivity contribution in [3.8, 4) is 0 Å². The van der Waals surface area contributed by atoms with Gasteiger partial charge in [-0.25, -0.2) is 0 Å². The van der Waals surface area contributed by atoms with Crippen molar-refractivity contribution in [3.05, 3.63) is 18.5 Å². The summed E-state index contributed by atoms with van der Waals surface area (Å²) in [5, 5.41) is 4.22. The predicted molar refractivity (Wildman–Crippen MR) is 78.6 cm³/mol. The first-order chi connectivity index (χ1) is 10.9. The van der Waals surface area contributed by atoms with Crippen LogP contribution in [0.2, 0.25) is 0 Å². The first-order valence-corrected chi connectivity index (χ1v) is 8.30. The van der Waals surface area contributed by atoms with Crippen molar-refractivity contribution in [2.45, 2.75) is 50.7 Å². The molecule has 1 saturated heterocycles. The van der Waals surface area contributed by atoms with Crippen molar-refractivity contribution in [1.82, 2.24) is 14.7 Å². The third kappa shape index (κ3) is 3.70. The molecule has 4 nitrogen and oxygen atoms in total. The molecule has 2 fully saturated rings. The molecule has 0 N–H and O–H groups in total. The highest BCUT2D eigenvalue weighted by molar-refractivity contribution is 5.79. The molecule has 128 valence electrons. The van der Waals surface area contributed by atoms with Crippen molar-refractivity contribution in [2.24, 2.45) is 11.8 Å². The zero-order chi connectivity index (χ0) is 16.4. The number of alkyl halides is 3.